The van der Waals surface area contributed by atoms with Crippen molar-refractivity contribution in [3.63, 3.8) is 0 Å². The van der Waals surface area contributed by atoms with Crippen molar-refractivity contribution in [1.29, 1.82) is 0 Å². The summed E-state index contributed by atoms with van der Waals surface area (Å²) in [7, 11) is 4.45. The first-order valence-electron chi connectivity index (χ1n) is 8.73. The molecular weight excluding hydrogens is 351 g/mol. The van der Waals surface area contributed by atoms with Gasteiger partial charge < -0.3 is 24.4 Å². The second kappa shape index (κ2) is 8.16. The summed E-state index contributed by atoms with van der Waals surface area (Å²) < 4.78 is 30.2. The summed E-state index contributed by atoms with van der Waals surface area (Å²) in [5.74, 6) is 0.398. The molecule has 144 valence electrons. The molecule has 1 fully saturated rings. The smallest absolute Gasteiger partial charge is 0.255 e. The van der Waals surface area contributed by atoms with E-state index in [-0.39, 0.29) is 5.82 Å². The molecule has 1 aliphatic rings. The molecule has 0 radical (unpaired) electrons. The van der Waals surface area contributed by atoms with Gasteiger partial charge in [-0.3, -0.25) is 4.79 Å². The highest BCUT2D eigenvalue weighted by Crippen LogP contribution is 2.38. The molecule has 2 aromatic carbocycles. The highest BCUT2D eigenvalue weighted by molar-refractivity contribution is 6.05. The van der Waals surface area contributed by atoms with E-state index >= 15 is 0 Å². The van der Waals surface area contributed by atoms with Gasteiger partial charge in [-0.2, -0.15) is 0 Å². The van der Waals surface area contributed by atoms with Gasteiger partial charge in [0.15, 0.2) is 11.5 Å². The molecule has 2 aromatic rings. The summed E-state index contributed by atoms with van der Waals surface area (Å²) in [5, 5.41) is 2.71. The Morgan fingerprint density at radius 3 is 2.15 bits per heavy atom. The fraction of sp³-hybridized carbons (Fsp3) is 0.350. The van der Waals surface area contributed by atoms with E-state index in [9.17, 15) is 9.18 Å². The molecule has 1 aliphatic heterocycles. The van der Waals surface area contributed by atoms with Gasteiger partial charge in [0.2, 0.25) is 5.75 Å². The fourth-order valence-corrected chi connectivity index (χ4v) is 3.21. The van der Waals surface area contributed by atoms with Gasteiger partial charge in [0.05, 0.1) is 27.0 Å². The highest BCUT2D eigenvalue weighted by atomic mass is 19.1. The molecule has 0 atom stereocenters. The van der Waals surface area contributed by atoms with Crippen LogP contribution in [-0.4, -0.2) is 40.3 Å². The Labute approximate surface area is 157 Å². The Morgan fingerprint density at radius 2 is 1.63 bits per heavy atom. The van der Waals surface area contributed by atoms with Gasteiger partial charge in [-0.1, -0.05) is 0 Å². The lowest BCUT2D eigenvalue weighted by Crippen LogP contribution is -2.19. The molecule has 0 bridgehead atoms. The van der Waals surface area contributed by atoms with Crippen LogP contribution in [0, 0.1) is 5.82 Å². The number of ether oxygens (including phenoxy) is 3. The minimum absolute atomic E-state index is 0.313. The summed E-state index contributed by atoms with van der Waals surface area (Å²) in [4.78, 5) is 14.6. The van der Waals surface area contributed by atoms with Crippen LogP contribution in [0.3, 0.4) is 0 Å². The lowest BCUT2D eigenvalue weighted by Gasteiger charge is -2.19. The van der Waals surface area contributed by atoms with E-state index in [2.05, 4.69) is 5.32 Å². The molecule has 7 heteroatoms. The quantitative estimate of drug-likeness (QED) is 0.835. The Bertz CT molecular complexity index is 810. The van der Waals surface area contributed by atoms with Gasteiger partial charge in [-0.15, -0.1) is 0 Å². The van der Waals surface area contributed by atoms with Crippen LogP contribution in [-0.2, 0) is 0 Å². The molecule has 3 rings (SSSR count). The van der Waals surface area contributed by atoms with Gasteiger partial charge in [-0.05, 0) is 43.2 Å². The summed E-state index contributed by atoms with van der Waals surface area (Å²) >= 11 is 0. The number of benzene rings is 2. The number of nitrogens with zero attached hydrogens (tertiary/aromatic N) is 1. The SMILES string of the molecule is COc1cc(C(=O)Nc2ccc(N3CCCC3)c(F)c2)cc(OC)c1OC. The van der Waals surface area contributed by atoms with Crippen molar-refractivity contribution in [2.75, 3.05) is 44.6 Å². The first-order chi connectivity index (χ1) is 13.1. The number of amides is 1. The number of carbonyl (C=O) groups excluding carboxylic acids is 1. The minimum atomic E-state index is -0.400. The monoisotopic (exact) mass is 374 g/mol. The van der Waals surface area contributed by atoms with Crippen LogP contribution in [0.5, 0.6) is 17.2 Å². The van der Waals surface area contributed by atoms with Crippen LogP contribution in [0.15, 0.2) is 30.3 Å². The molecule has 6 nitrogen and oxygen atoms in total. The maximum absolute atomic E-state index is 14.4. The Morgan fingerprint density at radius 1 is 1.00 bits per heavy atom. The van der Waals surface area contributed by atoms with Crippen molar-refractivity contribution in [1.82, 2.24) is 0 Å². The molecule has 0 saturated carbocycles. The summed E-state index contributed by atoms with van der Waals surface area (Å²) in [6.07, 6.45) is 2.14. The number of halogens is 1. The first-order valence-corrected chi connectivity index (χ1v) is 8.73. The van der Waals surface area contributed by atoms with Crippen LogP contribution in [0.25, 0.3) is 0 Å². The number of hydrogen-bond acceptors (Lipinski definition) is 5. The van der Waals surface area contributed by atoms with E-state index in [1.807, 2.05) is 4.90 Å². The van der Waals surface area contributed by atoms with Crippen LogP contribution in [0.4, 0.5) is 15.8 Å². The normalized spacial score (nSPS) is 13.4. The van der Waals surface area contributed by atoms with Gasteiger partial charge in [0.1, 0.15) is 5.82 Å². The van der Waals surface area contributed by atoms with Gasteiger partial charge >= 0.3 is 0 Å². The Kier molecular flexibility index (Phi) is 5.69. The summed E-state index contributed by atoms with van der Waals surface area (Å²) in [6.45, 7) is 1.71. The average molecular weight is 374 g/mol. The molecular formula is C20H23FN2O4. The fourth-order valence-electron chi connectivity index (χ4n) is 3.21. The van der Waals surface area contributed by atoms with E-state index in [4.69, 9.17) is 14.2 Å². The van der Waals surface area contributed by atoms with E-state index < -0.39 is 5.91 Å². The minimum Gasteiger partial charge on any atom is -0.493 e. The molecule has 1 N–H and O–H groups in total. The van der Waals surface area contributed by atoms with Crippen molar-refractivity contribution in [3.05, 3.63) is 41.7 Å². The zero-order valence-corrected chi connectivity index (χ0v) is 15.7. The summed E-state index contributed by atoms with van der Waals surface area (Å²) in [5.41, 5.74) is 1.26. The molecule has 27 heavy (non-hydrogen) atoms. The molecule has 1 heterocycles. The van der Waals surface area contributed by atoms with Gasteiger partial charge in [-0.25, -0.2) is 4.39 Å². The first kappa shape index (κ1) is 18.8. The van der Waals surface area contributed by atoms with E-state index in [1.165, 1.54) is 27.4 Å². The van der Waals surface area contributed by atoms with Crippen LogP contribution in [0.2, 0.25) is 0 Å². The van der Waals surface area contributed by atoms with Crippen molar-refractivity contribution in [2.24, 2.45) is 0 Å². The predicted octanol–water partition coefficient (Wildman–Crippen LogP) is 3.70. The number of hydrogen-bond donors (Lipinski definition) is 1. The molecule has 0 aromatic heterocycles. The number of rotatable bonds is 6. The van der Waals surface area contributed by atoms with Gasteiger partial charge in [0.25, 0.3) is 5.91 Å². The third-order valence-corrected chi connectivity index (χ3v) is 4.58. The number of nitrogens with one attached hydrogen (secondary N) is 1. The van der Waals surface area contributed by atoms with Crippen molar-refractivity contribution in [3.8, 4) is 17.2 Å². The molecule has 0 spiro atoms. The third-order valence-electron chi connectivity index (χ3n) is 4.58. The number of carbonyl (C=O) groups is 1. The lowest BCUT2D eigenvalue weighted by atomic mass is 10.1. The Balaban J connectivity index is 1.82. The average Bonchev–Trinajstić information content (AvgIpc) is 3.21. The number of methoxy groups -OCH3 is 3. The second-order valence-electron chi connectivity index (χ2n) is 6.23. The van der Waals surface area contributed by atoms with Crippen molar-refractivity contribution >= 4 is 17.3 Å². The van der Waals surface area contributed by atoms with E-state index in [0.29, 0.717) is 34.2 Å². The Hall–Kier alpha value is -2.96. The standard InChI is InChI=1S/C20H23FN2O4/c1-25-17-10-13(11-18(26-2)19(17)27-3)20(24)22-14-6-7-16(15(21)12-14)23-8-4-5-9-23/h6-7,10-12H,4-5,8-9H2,1-3H3,(H,22,24). The largest absolute Gasteiger partial charge is 0.493 e. The zero-order chi connectivity index (χ0) is 19.4. The van der Waals surface area contributed by atoms with Crippen LogP contribution >= 0.6 is 0 Å². The maximum Gasteiger partial charge on any atom is 0.255 e. The highest BCUT2D eigenvalue weighted by Gasteiger charge is 2.19. The van der Waals surface area contributed by atoms with E-state index in [0.717, 1.165) is 25.9 Å². The van der Waals surface area contributed by atoms with Gasteiger partial charge in [0, 0.05) is 24.3 Å². The van der Waals surface area contributed by atoms with Crippen LogP contribution in [0.1, 0.15) is 23.2 Å². The zero-order valence-electron chi connectivity index (χ0n) is 15.7. The third kappa shape index (κ3) is 3.92. The predicted molar refractivity (Wildman–Crippen MR) is 102 cm³/mol. The second-order valence-corrected chi connectivity index (χ2v) is 6.23. The molecule has 1 saturated heterocycles. The summed E-state index contributed by atoms with van der Waals surface area (Å²) in [6, 6.07) is 7.83. The molecule has 0 aliphatic carbocycles. The molecule has 1 amide bonds. The van der Waals surface area contributed by atoms with E-state index in [1.54, 1.807) is 24.3 Å². The maximum atomic E-state index is 14.4. The molecule has 0 unspecified atom stereocenters. The van der Waals surface area contributed by atoms with Crippen molar-refractivity contribution in [2.45, 2.75) is 12.8 Å². The van der Waals surface area contributed by atoms with Crippen LogP contribution < -0.4 is 24.4 Å². The number of anilines is 2. The topological polar surface area (TPSA) is 60.0 Å². The lowest BCUT2D eigenvalue weighted by molar-refractivity contribution is 0.102. The van der Waals surface area contributed by atoms with Crippen molar-refractivity contribution < 1.29 is 23.4 Å².